The first-order valence-electron chi connectivity index (χ1n) is 8.41. The molecule has 0 saturated heterocycles. The van der Waals surface area contributed by atoms with Crippen LogP contribution >= 0.6 is 11.7 Å². The fraction of sp³-hybridized carbons (Fsp3) is 0.0500. The summed E-state index contributed by atoms with van der Waals surface area (Å²) in [6, 6.07) is 16.7. The van der Waals surface area contributed by atoms with Gasteiger partial charge in [-0.1, -0.05) is 30.3 Å². The monoisotopic (exact) mass is 390 g/mol. The molecule has 4 rings (SSSR count). The molecule has 0 bridgehead atoms. The number of ether oxygens (including phenoxy) is 1. The van der Waals surface area contributed by atoms with E-state index in [2.05, 4.69) is 19.0 Å². The molecule has 4 aromatic rings. The number of fused-ring (bicyclic) bond motifs is 2. The second kappa shape index (κ2) is 7.93. The average Bonchev–Trinajstić information content (AvgIpc) is 3.20. The highest BCUT2D eigenvalue weighted by Gasteiger charge is 2.10. The molecule has 0 radical (unpaired) electrons. The van der Waals surface area contributed by atoms with Crippen LogP contribution in [0.5, 0.6) is 0 Å². The molecular formula is C20H14N4O3S. The van der Waals surface area contributed by atoms with Crippen molar-refractivity contribution in [1.29, 1.82) is 0 Å². The van der Waals surface area contributed by atoms with Crippen molar-refractivity contribution in [2.75, 3.05) is 11.9 Å². The molecule has 0 unspecified atom stereocenters. The van der Waals surface area contributed by atoms with Crippen LogP contribution in [0.4, 0.5) is 5.69 Å². The Morgan fingerprint density at radius 1 is 1.00 bits per heavy atom. The summed E-state index contributed by atoms with van der Waals surface area (Å²) in [5, 5.41) is 3.69. The van der Waals surface area contributed by atoms with E-state index < -0.39 is 18.5 Å². The summed E-state index contributed by atoms with van der Waals surface area (Å²) in [6.07, 6.45) is 2.80. The number of nitrogens with one attached hydrogen (secondary N) is 1. The largest absolute Gasteiger partial charge is 0.452 e. The van der Waals surface area contributed by atoms with Crippen molar-refractivity contribution in [3.63, 3.8) is 0 Å². The lowest BCUT2D eigenvalue weighted by Gasteiger charge is -2.05. The van der Waals surface area contributed by atoms with Crippen LogP contribution in [0, 0.1) is 0 Å². The van der Waals surface area contributed by atoms with Crippen molar-refractivity contribution >= 4 is 57.3 Å². The van der Waals surface area contributed by atoms with Crippen LogP contribution in [0.1, 0.15) is 5.69 Å². The number of pyridine rings is 1. The fourth-order valence-electron chi connectivity index (χ4n) is 2.61. The summed E-state index contributed by atoms with van der Waals surface area (Å²) in [6.45, 7) is -0.401. The van der Waals surface area contributed by atoms with Gasteiger partial charge < -0.3 is 10.1 Å². The highest BCUT2D eigenvalue weighted by Crippen LogP contribution is 2.20. The van der Waals surface area contributed by atoms with E-state index in [0.717, 1.165) is 22.6 Å². The van der Waals surface area contributed by atoms with Gasteiger partial charge in [0.1, 0.15) is 11.0 Å². The predicted molar refractivity (Wildman–Crippen MR) is 108 cm³/mol. The van der Waals surface area contributed by atoms with Gasteiger partial charge in [0, 0.05) is 11.5 Å². The molecule has 8 heteroatoms. The number of nitrogens with zero attached hydrogens (tertiary/aromatic N) is 3. The van der Waals surface area contributed by atoms with Gasteiger partial charge in [-0.05, 0) is 30.3 Å². The van der Waals surface area contributed by atoms with Crippen LogP contribution in [0.25, 0.3) is 28.0 Å². The Balaban J connectivity index is 1.33. The molecule has 0 aliphatic carbocycles. The van der Waals surface area contributed by atoms with E-state index in [9.17, 15) is 9.59 Å². The summed E-state index contributed by atoms with van der Waals surface area (Å²) >= 11 is 1.07. The summed E-state index contributed by atoms with van der Waals surface area (Å²) in [7, 11) is 0. The van der Waals surface area contributed by atoms with Crippen molar-refractivity contribution in [3.05, 3.63) is 66.4 Å². The number of carbonyl (C=O) groups is 2. The molecule has 1 amide bonds. The molecule has 1 N–H and O–H groups in total. The minimum absolute atomic E-state index is 0.401. The van der Waals surface area contributed by atoms with E-state index in [1.165, 1.54) is 6.08 Å². The van der Waals surface area contributed by atoms with Crippen LogP contribution < -0.4 is 5.32 Å². The zero-order valence-corrected chi connectivity index (χ0v) is 15.3. The van der Waals surface area contributed by atoms with E-state index in [1.807, 2.05) is 30.3 Å². The summed E-state index contributed by atoms with van der Waals surface area (Å²) < 4.78 is 13.2. The Hall–Kier alpha value is -3.65. The maximum absolute atomic E-state index is 12.0. The van der Waals surface area contributed by atoms with Gasteiger partial charge >= 0.3 is 5.97 Å². The Kier molecular flexibility index (Phi) is 5.03. The second-order valence-electron chi connectivity index (χ2n) is 5.86. The predicted octanol–water partition coefficient (Wildman–Crippen LogP) is 3.43. The molecular weight excluding hydrogens is 376 g/mol. The Morgan fingerprint density at radius 2 is 1.86 bits per heavy atom. The third kappa shape index (κ3) is 4.02. The number of anilines is 1. The summed E-state index contributed by atoms with van der Waals surface area (Å²) in [4.78, 5) is 28.3. The fourth-order valence-corrected chi connectivity index (χ4v) is 3.16. The maximum Gasteiger partial charge on any atom is 0.331 e. The molecule has 28 heavy (non-hydrogen) atoms. The van der Waals surface area contributed by atoms with Crippen molar-refractivity contribution in [3.8, 4) is 0 Å². The number of aromatic nitrogens is 3. The van der Waals surface area contributed by atoms with E-state index >= 15 is 0 Å². The van der Waals surface area contributed by atoms with Gasteiger partial charge in [0.2, 0.25) is 0 Å². The van der Waals surface area contributed by atoms with Crippen LogP contribution in [0.15, 0.2) is 60.7 Å². The van der Waals surface area contributed by atoms with Gasteiger partial charge in [-0.25, -0.2) is 9.78 Å². The number of benzene rings is 2. The molecule has 2 heterocycles. The normalized spacial score (nSPS) is 11.1. The van der Waals surface area contributed by atoms with Gasteiger partial charge in [0.25, 0.3) is 5.91 Å². The highest BCUT2D eigenvalue weighted by atomic mass is 32.1. The first-order valence-corrected chi connectivity index (χ1v) is 9.14. The Labute approximate surface area is 164 Å². The van der Waals surface area contributed by atoms with E-state index in [0.29, 0.717) is 22.4 Å². The molecule has 0 saturated carbocycles. The Morgan fingerprint density at radius 3 is 2.79 bits per heavy atom. The number of esters is 1. The lowest BCUT2D eigenvalue weighted by atomic mass is 10.2. The van der Waals surface area contributed by atoms with Gasteiger partial charge in [-0.3, -0.25) is 4.79 Å². The standard InChI is InChI=1S/C20H14N4O3S/c25-18(22-16-6-3-7-17-20(16)24-28-23-17)12-27-19(26)11-10-14-9-8-13-4-1-2-5-15(13)21-14/h1-11H,12H2,(H,22,25)/b11-10+. The molecule has 2 aromatic heterocycles. The van der Waals surface area contributed by atoms with E-state index in [-0.39, 0.29) is 0 Å². The third-order valence-corrected chi connectivity index (χ3v) is 4.46. The van der Waals surface area contributed by atoms with Crippen LogP contribution in [-0.2, 0) is 14.3 Å². The smallest absolute Gasteiger partial charge is 0.331 e. The Bertz CT molecular complexity index is 1200. The third-order valence-electron chi connectivity index (χ3n) is 3.92. The lowest BCUT2D eigenvalue weighted by molar-refractivity contribution is -0.142. The van der Waals surface area contributed by atoms with Crippen molar-refractivity contribution in [1.82, 2.24) is 13.7 Å². The number of para-hydroxylation sites is 1. The maximum atomic E-state index is 12.0. The molecule has 138 valence electrons. The molecule has 0 aliphatic rings. The van der Waals surface area contributed by atoms with Gasteiger partial charge in [0.05, 0.1) is 28.6 Å². The minimum atomic E-state index is -0.626. The molecule has 0 fully saturated rings. The van der Waals surface area contributed by atoms with E-state index in [4.69, 9.17) is 4.74 Å². The molecule has 7 nitrogen and oxygen atoms in total. The van der Waals surface area contributed by atoms with Crippen LogP contribution in [0.2, 0.25) is 0 Å². The second-order valence-corrected chi connectivity index (χ2v) is 6.38. The van der Waals surface area contributed by atoms with Crippen molar-refractivity contribution < 1.29 is 14.3 Å². The molecule has 0 atom stereocenters. The first-order chi connectivity index (χ1) is 13.7. The minimum Gasteiger partial charge on any atom is -0.452 e. The first kappa shape index (κ1) is 17.7. The zero-order chi connectivity index (χ0) is 19.3. The lowest BCUT2D eigenvalue weighted by Crippen LogP contribution is -2.20. The molecule has 0 spiro atoms. The van der Waals surface area contributed by atoms with E-state index in [1.54, 1.807) is 30.3 Å². The van der Waals surface area contributed by atoms with Crippen LogP contribution in [-0.4, -0.2) is 32.2 Å². The zero-order valence-electron chi connectivity index (χ0n) is 14.5. The number of carbonyl (C=O) groups excluding carboxylic acids is 2. The van der Waals surface area contributed by atoms with Gasteiger partial charge in [-0.15, -0.1) is 0 Å². The van der Waals surface area contributed by atoms with Crippen LogP contribution in [0.3, 0.4) is 0 Å². The van der Waals surface area contributed by atoms with Gasteiger partial charge in [-0.2, -0.15) is 8.75 Å². The topological polar surface area (TPSA) is 94.1 Å². The number of hydrogen-bond acceptors (Lipinski definition) is 7. The molecule has 0 aliphatic heterocycles. The number of hydrogen-bond donors (Lipinski definition) is 1. The molecule has 2 aromatic carbocycles. The van der Waals surface area contributed by atoms with Crippen molar-refractivity contribution in [2.45, 2.75) is 0 Å². The number of rotatable bonds is 5. The average molecular weight is 390 g/mol. The summed E-state index contributed by atoms with van der Waals surface area (Å²) in [5.74, 6) is -1.08. The highest BCUT2D eigenvalue weighted by molar-refractivity contribution is 7.00. The van der Waals surface area contributed by atoms with Crippen molar-refractivity contribution in [2.24, 2.45) is 0 Å². The summed E-state index contributed by atoms with van der Waals surface area (Å²) in [5.41, 5.74) is 3.30. The van der Waals surface area contributed by atoms with Gasteiger partial charge in [0.15, 0.2) is 6.61 Å². The quantitative estimate of drug-likeness (QED) is 0.414. The number of amides is 1. The SMILES string of the molecule is O=C(COC(=O)/C=C/c1ccc2ccccc2n1)Nc1cccc2nsnc12.